The van der Waals surface area contributed by atoms with Crippen LogP contribution in [-0.4, -0.2) is 23.9 Å². The lowest BCUT2D eigenvalue weighted by molar-refractivity contribution is -0.136. The number of nitrogens with one attached hydrogen (secondary N) is 2. The fourth-order valence-corrected chi connectivity index (χ4v) is 2.32. The van der Waals surface area contributed by atoms with Gasteiger partial charge in [0, 0.05) is 23.5 Å². The van der Waals surface area contributed by atoms with Gasteiger partial charge in [-0.1, -0.05) is 6.07 Å². The second kappa shape index (κ2) is 7.74. The Balaban J connectivity index is 2.02. The topological polar surface area (TPSA) is 80.3 Å². The average Bonchev–Trinajstić information content (AvgIpc) is 2.56. The minimum atomic E-state index is -0.875. The standard InChI is InChI=1S/C18H20FN3O3/c1-10-5-6-13(8-15(10)19)22-17(24)16(23)20-9-14-11(2)7-12(3)21-18(14)25-4/h5-8H,9H2,1-4H3,(H,20,23)(H,22,24). The maximum Gasteiger partial charge on any atom is 0.313 e. The van der Waals surface area contributed by atoms with Crippen molar-refractivity contribution < 1.29 is 18.7 Å². The zero-order chi connectivity index (χ0) is 18.6. The Labute approximate surface area is 145 Å². The number of methoxy groups -OCH3 is 1. The summed E-state index contributed by atoms with van der Waals surface area (Å²) < 4.78 is 18.7. The van der Waals surface area contributed by atoms with Crippen molar-refractivity contribution in [3.05, 3.63) is 52.5 Å². The van der Waals surface area contributed by atoms with E-state index in [9.17, 15) is 14.0 Å². The number of hydrogen-bond acceptors (Lipinski definition) is 4. The SMILES string of the molecule is COc1nc(C)cc(C)c1CNC(=O)C(=O)Nc1ccc(C)c(F)c1. The molecule has 1 aromatic heterocycles. The normalized spacial score (nSPS) is 10.3. The number of amides is 2. The molecule has 2 N–H and O–H groups in total. The Morgan fingerprint density at radius 3 is 2.48 bits per heavy atom. The van der Waals surface area contributed by atoms with E-state index in [-0.39, 0.29) is 12.2 Å². The second-order valence-electron chi connectivity index (χ2n) is 5.67. The van der Waals surface area contributed by atoms with Crippen LogP contribution in [0.3, 0.4) is 0 Å². The minimum Gasteiger partial charge on any atom is -0.481 e. The number of pyridine rings is 1. The maximum atomic E-state index is 13.5. The molecule has 0 unspecified atom stereocenters. The Morgan fingerprint density at radius 1 is 1.12 bits per heavy atom. The summed E-state index contributed by atoms with van der Waals surface area (Å²) in [5.41, 5.74) is 3.05. The smallest absolute Gasteiger partial charge is 0.313 e. The predicted octanol–water partition coefficient (Wildman–Crippen LogP) is 2.41. The van der Waals surface area contributed by atoms with Gasteiger partial charge in [0.15, 0.2) is 0 Å². The van der Waals surface area contributed by atoms with Gasteiger partial charge in [-0.15, -0.1) is 0 Å². The van der Waals surface area contributed by atoms with Gasteiger partial charge in [-0.3, -0.25) is 9.59 Å². The summed E-state index contributed by atoms with van der Waals surface area (Å²) in [6.07, 6.45) is 0. The number of nitrogens with zero attached hydrogens (tertiary/aromatic N) is 1. The van der Waals surface area contributed by atoms with Gasteiger partial charge in [-0.25, -0.2) is 9.37 Å². The third-order valence-electron chi connectivity index (χ3n) is 3.69. The first-order valence-electron chi connectivity index (χ1n) is 7.68. The molecule has 0 saturated carbocycles. The lowest BCUT2D eigenvalue weighted by Gasteiger charge is -2.13. The van der Waals surface area contributed by atoms with Crippen LogP contribution in [-0.2, 0) is 16.1 Å². The number of halogens is 1. The summed E-state index contributed by atoms with van der Waals surface area (Å²) in [6.45, 7) is 5.41. The highest BCUT2D eigenvalue weighted by atomic mass is 19.1. The third-order valence-corrected chi connectivity index (χ3v) is 3.69. The first-order chi connectivity index (χ1) is 11.8. The summed E-state index contributed by atoms with van der Waals surface area (Å²) in [6, 6.07) is 6.08. The molecular formula is C18H20FN3O3. The van der Waals surface area contributed by atoms with Crippen LogP contribution in [0.2, 0.25) is 0 Å². The van der Waals surface area contributed by atoms with Crippen LogP contribution in [0.25, 0.3) is 0 Å². The molecule has 6 nitrogen and oxygen atoms in total. The number of ether oxygens (including phenoxy) is 1. The van der Waals surface area contributed by atoms with Gasteiger partial charge in [-0.2, -0.15) is 0 Å². The minimum absolute atomic E-state index is 0.0940. The van der Waals surface area contributed by atoms with Crippen molar-refractivity contribution in [1.29, 1.82) is 0 Å². The van der Waals surface area contributed by atoms with Crippen molar-refractivity contribution >= 4 is 17.5 Å². The average molecular weight is 345 g/mol. The summed E-state index contributed by atoms with van der Waals surface area (Å²) >= 11 is 0. The zero-order valence-corrected chi connectivity index (χ0v) is 14.6. The maximum absolute atomic E-state index is 13.5. The quantitative estimate of drug-likeness (QED) is 0.834. The number of carbonyl (C=O) groups excluding carboxylic acids is 2. The number of anilines is 1. The molecule has 2 rings (SSSR count). The summed E-state index contributed by atoms with van der Waals surface area (Å²) in [4.78, 5) is 28.1. The first kappa shape index (κ1) is 18.4. The molecule has 0 radical (unpaired) electrons. The molecular weight excluding hydrogens is 325 g/mol. The molecule has 0 aliphatic rings. The van der Waals surface area contributed by atoms with Gasteiger partial charge in [0.25, 0.3) is 0 Å². The fourth-order valence-electron chi connectivity index (χ4n) is 2.32. The van der Waals surface area contributed by atoms with E-state index in [1.807, 2.05) is 19.9 Å². The molecule has 2 amide bonds. The van der Waals surface area contributed by atoms with E-state index in [4.69, 9.17) is 4.74 Å². The van der Waals surface area contributed by atoms with Crippen molar-refractivity contribution in [3.8, 4) is 5.88 Å². The van der Waals surface area contributed by atoms with Crippen molar-refractivity contribution in [1.82, 2.24) is 10.3 Å². The number of benzene rings is 1. The fraction of sp³-hybridized carbons (Fsp3) is 0.278. The van der Waals surface area contributed by atoms with Crippen molar-refractivity contribution in [2.24, 2.45) is 0 Å². The van der Waals surface area contributed by atoms with E-state index < -0.39 is 17.6 Å². The number of aromatic nitrogens is 1. The Bertz CT molecular complexity index is 821. The second-order valence-corrected chi connectivity index (χ2v) is 5.67. The Kier molecular flexibility index (Phi) is 5.69. The number of hydrogen-bond donors (Lipinski definition) is 2. The Morgan fingerprint density at radius 2 is 1.84 bits per heavy atom. The molecule has 1 aromatic carbocycles. The van der Waals surface area contributed by atoms with E-state index >= 15 is 0 Å². The molecule has 0 spiro atoms. The zero-order valence-electron chi connectivity index (χ0n) is 14.6. The highest BCUT2D eigenvalue weighted by Crippen LogP contribution is 2.20. The van der Waals surface area contributed by atoms with Crippen LogP contribution in [0.1, 0.15) is 22.4 Å². The van der Waals surface area contributed by atoms with Crippen LogP contribution in [0.4, 0.5) is 10.1 Å². The molecule has 132 valence electrons. The molecule has 0 saturated heterocycles. The van der Waals surface area contributed by atoms with Crippen LogP contribution in [0.15, 0.2) is 24.3 Å². The molecule has 0 aliphatic carbocycles. The molecule has 0 bridgehead atoms. The highest BCUT2D eigenvalue weighted by molar-refractivity contribution is 6.39. The molecule has 7 heteroatoms. The molecule has 25 heavy (non-hydrogen) atoms. The lowest BCUT2D eigenvalue weighted by Crippen LogP contribution is -2.35. The van der Waals surface area contributed by atoms with Gasteiger partial charge in [0.2, 0.25) is 5.88 Å². The summed E-state index contributed by atoms with van der Waals surface area (Å²) in [5.74, 6) is -1.76. The van der Waals surface area contributed by atoms with Crippen LogP contribution < -0.4 is 15.4 Å². The van der Waals surface area contributed by atoms with Gasteiger partial charge in [-0.05, 0) is 50.1 Å². The number of aryl methyl sites for hydroxylation is 3. The monoisotopic (exact) mass is 345 g/mol. The van der Waals surface area contributed by atoms with Gasteiger partial charge in [0.05, 0.1) is 7.11 Å². The van der Waals surface area contributed by atoms with Gasteiger partial charge in [0.1, 0.15) is 5.82 Å². The lowest BCUT2D eigenvalue weighted by atomic mass is 10.1. The van der Waals surface area contributed by atoms with E-state index in [1.165, 1.54) is 19.2 Å². The summed E-state index contributed by atoms with van der Waals surface area (Å²) in [5, 5.41) is 4.88. The first-order valence-corrected chi connectivity index (χ1v) is 7.68. The van der Waals surface area contributed by atoms with Crippen LogP contribution in [0.5, 0.6) is 5.88 Å². The van der Waals surface area contributed by atoms with E-state index in [0.717, 1.165) is 17.3 Å². The van der Waals surface area contributed by atoms with Crippen LogP contribution >= 0.6 is 0 Å². The largest absolute Gasteiger partial charge is 0.481 e. The predicted molar refractivity (Wildman–Crippen MR) is 91.9 cm³/mol. The Hall–Kier alpha value is -2.96. The van der Waals surface area contributed by atoms with Crippen molar-refractivity contribution in [2.75, 3.05) is 12.4 Å². The van der Waals surface area contributed by atoms with Gasteiger partial charge < -0.3 is 15.4 Å². The molecule has 2 aromatic rings. The highest BCUT2D eigenvalue weighted by Gasteiger charge is 2.16. The number of carbonyl (C=O) groups is 2. The number of rotatable bonds is 4. The van der Waals surface area contributed by atoms with E-state index in [0.29, 0.717) is 17.0 Å². The van der Waals surface area contributed by atoms with Crippen molar-refractivity contribution in [2.45, 2.75) is 27.3 Å². The molecule has 0 fully saturated rings. The third kappa shape index (κ3) is 4.53. The molecule has 0 aliphatic heterocycles. The summed E-state index contributed by atoms with van der Waals surface area (Å²) in [7, 11) is 1.49. The van der Waals surface area contributed by atoms with Crippen molar-refractivity contribution in [3.63, 3.8) is 0 Å². The van der Waals surface area contributed by atoms with E-state index in [2.05, 4.69) is 15.6 Å². The molecule has 0 atom stereocenters. The van der Waals surface area contributed by atoms with Crippen LogP contribution in [0, 0.1) is 26.6 Å². The van der Waals surface area contributed by atoms with E-state index in [1.54, 1.807) is 6.92 Å². The molecule has 1 heterocycles. The van der Waals surface area contributed by atoms with Gasteiger partial charge >= 0.3 is 11.8 Å².